The average Bonchev–Trinajstić information content (AvgIpc) is 3.38. The molecular weight excluding hydrogens is 450 g/mol. The zero-order valence-corrected chi connectivity index (χ0v) is 19.9. The Morgan fingerprint density at radius 1 is 0.914 bits per heavy atom. The van der Waals surface area contributed by atoms with Crippen molar-refractivity contribution in [3.63, 3.8) is 0 Å². The Hall–Kier alpha value is -4.27. The van der Waals surface area contributed by atoms with E-state index in [0.29, 0.717) is 30.1 Å². The summed E-state index contributed by atoms with van der Waals surface area (Å²) in [5, 5.41) is 4.54. The summed E-state index contributed by atoms with van der Waals surface area (Å²) in [5.74, 6) is -1.99. The number of amides is 2. The molecule has 4 rings (SSSR count). The first-order chi connectivity index (χ1) is 16.8. The predicted octanol–water partition coefficient (Wildman–Crippen LogP) is 3.75. The molecule has 3 aromatic rings. The van der Waals surface area contributed by atoms with Crippen LogP contribution in [0, 0.1) is 5.92 Å². The molecule has 0 bridgehead atoms. The number of aromatic nitrogens is 2. The number of fused-ring (bicyclic) bond motifs is 1. The van der Waals surface area contributed by atoms with E-state index in [1.807, 2.05) is 13.8 Å². The Kier molecular flexibility index (Phi) is 6.50. The van der Waals surface area contributed by atoms with Crippen molar-refractivity contribution in [3.05, 3.63) is 70.9 Å². The zero-order chi connectivity index (χ0) is 25.3. The molecule has 0 aliphatic carbocycles. The van der Waals surface area contributed by atoms with Gasteiger partial charge in [-0.15, -0.1) is 0 Å². The van der Waals surface area contributed by atoms with Crippen LogP contribution < -0.4 is 0 Å². The van der Waals surface area contributed by atoms with E-state index in [2.05, 4.69) is 5.10 Å². The van der Waals surface area contributed by atoms with Crippen molar-refractivity contribution >= 4 is 23.8 Å². The van der Waals surface area contributed by atoms with E-state index >= 15 is 0 Å². The first-order valence-corrected chi connectivity index (χ1v) is 11.1. The van der Waals surface area contributed by atoms with E-state index in [9.17, 15) is 19.2 Å². The lowest BCUT2D eigenvalue weighted by atomic mass is 10.0. The molecule has 180 valence electrons. The van der Waals surface area contributed by atoms with Crippen LogP contribution in [0.5, 0.6) is 0 Å². The van der Waals surface area contributed by atoms with Gasteiger partial charge in [0.05, 0.1) is 31.0 Å². The van der Waals surface area contributed by atoms with E-state index in [1.165, 1.54) is 29.9 Å². The molecule has 0 saturated heterocycles. The molecule has 0 spiro atoms. The van der Waals surface area contributed by atoms with Crippen LogP contribution in [-0.2, 0) is 9.47 Å². The second kappa shape index (κ2) is 9.54. The summed E-state index contributed by atoms with van der Waals surface area (Å²) < 4.78 is 11.2. The maximum Gasteiger partial charge on any atom is 0.357 e. The number of hydrogen-bond acceptors (Lipinski definition) is 7. The SMILES string of the molecule is COC(=O)c1c(-c2ccc3c(c2)C(=O)N(CCC(C)C)C3=O)nn(-c2ccccc2)c1C(=O)OC. The number of nitrogens with zero attached hydrogens (tertiary/aromatic N) is 3. The minimum absolute atomic E-state index is 0.100. The van der Waals surface area contributed by atoms with E-state index in [1.54, 1.807) is 42.5 Å². The number of carbonyl (C=O) groups excluding carboxylic acids is 4. The lowest BCUT2D eigenvalue weighted by molar-refractivity contribution is 0.0549. The van der Waals surface area contributed by atoms with E-state index in [4.69, 9.17) is 9.47 Å². The highest BCUT2D eigenvalue weighted by molar-refractivity contribution is 6.22. The third kappa shape index (κ3) is 4.21. The van der Waals surface area contributed by atoms with Gasteiger partial charge in [-0.25, -0.2) is 14.3 Å². The summed E-state index contributed by atoms with van der Waals surface area (Å²) in [4.78, 5) is 52.7. The van der Waals surface area contributed by atoms with Gasteiger partial charge in [0.15, 0.2) is 5.69 Å². The summed E-state index contributed by atoms with van der Waals surface area (Å²) in [6.07, 6.45) is 0.689. The van der Waals surface area contributed by atoms with Gasteiger partial charge < -0.3 is 9.47 Å². The number of methoxy groups -OCH3 is 2. The standard InChI is InChI=1S/C26H25N3O6/c1-15(2)12-13-28-23(30)18-11-10-16(14-19(18)24(28)31)21-20(25(32)34-3)22(26(33)35-4)29(27-21)17-8-6-5-7-9-17/h5-11,14-15H,12-13H2,1-4H3. The molecule has 0 radical (unpaired) electrons. The Bertz CT molecular complexity index is 1330. The lowest BCUT2D eigenvalue weighted by Gasteiger charge is -2.14. The van der Waals surface area contributed by atoms with E-state index < -0.39 is 17.8 Å². The molecule has 2 aromatic carbocycles. The van der Waals surface area contributed by atoms with Crippen LogP contribution in [-0.4, -0.2) is 59.2 Å². The zero-order valence-electron chi connectivity index (χ0n) is 19.9. The van der Waals surface area contributed by atoms with Crippen molar-refractivity contribution < 1.29 is 28.7 Å². The van der Waals surface area contributed by atoms with Gasteiger partial charge in [0.25, 0.3) is 11.8 Å². The molecule has 0 N–H and O–H groups in total. The third-order valence-electron chi connectivity index (χ3n) is 5.83. The van der Waals surface area contributed by atoms with Gasteiger partial charge >= 0.3 is 11.9 Å². The number of para-hydroxylation sites is 1. The highest BCUT2D eigenvalue weighted by atomic mass is 16.5. The van der Waals surface area contributed by atoms with Gasteiger partial charge in [-0.05, 0) is 36.6 Å². The summed E-state index contributed by atoms with van der Waals surface area (Å²) >= 11 is 0. The predicted molar refractivity (Wildman–Crippen MR) is 127 cm³/mol. The number of ether oxygens (including phenoxy) is 2. The quantitative estimate of drug-likeness (QED) is 0.378. The van der Waals surface area contributed by atoms with Gasteiger partial charge in [0, 0.05) is 12.1 Å². The molecule has 0 fully saturated rings. The van der Waals surface area contributed by atoms with Crippen LogP contribution >= 0.6 is 0 Å². The monoisotopic (exact) mass is 475 g/mol. The molecule has 35 heavy (non-hydrogen) atoms. The van der Waals surface area contributed by atoms with Gasteiger partial charge in [0.1, 0.15) is 11.3 Å². The summed E-state index contributed by atoms with van der Waals surface area (Å²) in [7, 11) is 2.40. The largest absolute Gasteiger partial charge is 0.465 e. The van der Waals surface area contributed by atoms with Crippen molar-refractivity contribution in [2.75, 3.05) is 20.8 Å². The molecule has 1 aliphatic rings. The fraction of sp³-hybridized carbons (Fsp3) is 0.269. The highest BCUT2D eigenvalue weighted by Gasteiger charge is 2.37. The molecule has 2 amide bonds. The average molecular weight is 476 g/mol. The summed E-state index contributed by atoms with van der Waals surface area (Å²) in [6, 6.07) is 13.4. The number of rotatable bonds is 7. The molecule has 9 heteroatoms. The molecule has 9 nitrogen and oxygen atoms in total. The Morgan fingerprint density at radius 2 is 1.57 bits per heavy atom. The van der Waals surface area contributed by atoms with Crippen LogP contribution in [0.2, 0.25) is 0 Å². The highest BCUT2D eigenvalue weighted by Crippen LogP contribution is 2.33. The molecule has 1 aromatic heterocycles. The first-order valence-electron chi connectivity index (χ1n) is 11.1. The number of benzene rings is 2. The Labute approximate surface area is 202 Å². The minimum Gasteiger partial charge on any atom is -0.465 e. The number of esters is 2. The number of carbonyl (C=O) groups is 4. The van der Waals surface area contributed by atoms with Crippen LogP contribution in [0.3, 0.4) is 0 Å². The topological polar surface area (TPSA) is 108 Å². The maximum atomic E-state index is 13.0. The van der Waals surface area contributed by atoms with Gasteiger partial charge in [-0.2, -0.15) is 5.10 Å². The van der Waals surface area contributed by atoms with Crippen LogP contribution in [0.25, 0.3) is 16.9 Å². The molecule has 0 saturated carbocycles. The molecule has 0 unspecified atom stereocenters. The molecule has 0 atom stereocenters. The molecule has 2 heterocycles. The minimum atomic E-state index is -0.788. The second-order valence-corrected chi connectivity index (χ2v) is 8.51. The van der Waals surface area contributed by atoms with E-state index in [0.717, 1.165) is 0 Å². The Morgan fingerprint density at radius 3 is 2.20 bits per heavy atom. The third-order valence-corrected chi connectivity index (χ3v) is 5.83. The van der Waals surface area contributed by atoms with Crippen molar-refractivity contribution in [2.45, 2.75) is 20.3 Å². The normalized spacial score (nSPS) is 12.8. The second-order valence-electron chi connectivity index (χ2n) is 8.51. The fourth-order valence-electron chi connectivity index (χ4n) is 3.99. The van der Waals surface area contributed by atoms with Crippen LogP contribution in [0.1, 0.15) is 61.8 Å². The summed E-state index contributed by atoms with van der Waals surface area (Å²) in [5.41, 5.74) is 1.34. The fourth-order valence-corrected chi connectivity index (χ4v) is 3.99. The maximum absolute atomic E-state index is 13.0. The molecule has 1 aliphatic heterocycles. The van der Waals surface area contributed by atoms with Gasteiger partial charge in [-0.3, -0.25) is 14.5 Å². The van der Waals surface area contributed by atoms with E-state index in [-0.39, 0.29) is 34.0 Å². The van der Waals surface area contributed by atoms with Crippen molar-refractivity contribution in [1.29, 1.82) is 0 Å². The first kappa shape index (κ1) is 23.9. The summed E-state index contributed by atoms with van der Waals surface area (Å²) in [6.45, 7) is 4.36. The number of imide groups is 1. The smallest absolute Gasteiger partial charge is 0.357 e. The molecular formula is C26H25N3O6. The van der Waals surface area contributed by atoms with Crippen molar-refractivity contribution in [2.24, 2.45) is 5.92 Å². The van der Waals surface area contributed by atoms with Gasteiger partial charge in [0.2, 0.25) is 0 Å². The lowest BCUT2D eigenvalue weighted by Crippen LogP contribution is -2.31. The Balaban J connectivity index is 1.88. The number of hydrogen-bond donors (Lipinski definition) is 0. The van der Waals surface area contributed by atoms with Crippen molar-refractivity contribution in [1.82, 2.24) is 14.7 Å². The van der Waals surface area contributed by atoms with Crippen LogP contribution in [0.15, 0.2) is 48.5 Å². The van der Waals surface area contributed by atoms with Crippen molar-refractivity contribution in [3.8, 4) is 16.9 Å². The van der Waals surface area contributed by atoms with Crippen LogP contribution in [0.4, 0.5) is 0 Å². The van der Waals surface area contributed by atoms with Gasteiger partial charge in [-0.1, -0.05) is 38.1 Å².